The van der Waals surface area contributed by atoms with Crippen LogP contribution in [0, 0.1) is 17.8 Å². The fourth-order valence-electron chi connectivity index (χ4n) is 0.973. The Morgan fingerprint density at radius 2 is 2.29 bits per heavy atom. The number of rotatable bonds is 1. The lowest BCUT2D eigenvalue weighted by atomic mass is 9.91. The van der Waals surface area contributed by atoms with E-state index in [0.717, 1.165) is 5.71 Å². The molecule has 0 aromatic carbocycles. The highest BCUT2D eigenvalue weighted by molar-refractivity contribution is 8.14. The molecule has 0 aliphatic carbocycles. The molecule has 0 aromatic rings. The van der Waals surface area contributed by atoms with Gasteiger partial charge in [-0.25, -0.2) is 5.01 Å². The van der Waals surface area contributed by atoms with Crippen LogP contribution in [0.4, 0.5) is 4.79 Å². The lowest BCUT2D eigenvalue weighted by molar-refractivity contribution is 0.230. The van der Waals surface area contributed by atoms with Gasteiger partial charge in [0.15, 0.2) is 0 Å². The molecule has 76 valence electrons. The van der Waals surface area contributed by atoms with Crippen molar-refractivity contribution in [2.45, 2.75) is 20.8 Å². The van der Waals surface area contributed by atoms with Crippen LogP contribution in [0.3, 0.4) is 0 Å². The smallest absolute Gasteiger partial charge is 0.260 e. The zero-order chi connectivity index (χ0) is 10.8. The van der Waals surface area contributed by atoms with Crippen LogP contribution in [0.1, 0.15) is 20.8 Å². The van der Waals surface area contributed by atoms with Gasteiger partial charge in [-0.3, -0.25) is 4.79 Å². The summed E-state index contributed by atoms with van der Waals surface area (Å²) in [6.07, 6.45) is 5.15. The standard InChI is InChI=1S/C10H14N2OS/c1-5-6-12-9(13)14-7-8(11-12)10(2,3)4/h1H,6-7H2,2-4H3. The topological polar surface area (TPSA) is 32.7 Å². The van der Waals surface area contributed by atoms with Gasteiger partial charge in [0, 0.05) is 11.2 Å². The van der Waals surface area contributed by atoms with Crippen molar-refractivity contribution >= 4 is 22.7 Å². The van der Waals surface area contributed by atoms with E-state index in [2.05, 4.69) is 31.8 Å². The highest BCUT2D eigenvalue weighted by Gasteiger charge is 2.27. The fraction of sp³-hybridized carbons (Fsp3) is 0.600. The van der Waals surface area contributed by atoms with E-state index in [9.17, 15) is 4.79 Å². The average Bonchev–Trinajstić information content (AvgIpc) is 2.07. The molecule has 1 aliphatic rings. The van der Waals surface area contributed by atoms with Gasteiger partial charge < -0.3 is 0 Å². The van der Waals surface area contributed by atoms with Crippen LogP contribution in [-0.4, -0.2) is 28.3 Å². The average molecular weight is 210 g/mol. The van der Waals surface area contributed by atoms with Gasteiger partial charge in [-0.05, 0) is 0 Å². The first-order valence-corrected chi connectivity index (χ1v) is 5.39. The number of nitrogens with zero attached hydrogens (tertiary/aromatic N) is 2. The van der Waals surface area contributed by atoms with E-state index in [0.29, 0.717) is 5.75 Å². The molecule has 14 heavy (non-hydrogen) atoms. The third-order valence-electron chi connectivity index (χ3n) is 1.89. The molecule has 0 unspecified atom stereocenters. The van der Waals surface area contributed by atoms with Gasteiger partial charge in [0.25, 0.3) is 0 Å². The van der Waals surface area contributed by atoms with Crippen molar-refractivity contribution < 1.29 is 4.79 Å². The molecule has 0 fully saturated rings. The number of carbonyl (C=O) groups excluding carboxylic acids is 1. The first-order chi connectivity index (χ1) is 6.45. The van der Waals surface area contributed by atoms with E-state index >= 15 is 0 Å². The van der Waals surface area contributed by atoms with Crippen LogP contribution in [0.2, 0.25) is 0 Å². The summed E-state index contributed by atoms with van der Waals surface area (Å²) in [7, 11) is 0. The van der Waals surface area contributed by atoms with Gasteiger partial charge in [0.1, 0.15) is 6.54 Å². The van der Waals surface area contributed by atoms with Crippen LogP contribution in [0.25, 0.3) is 0 Å². The van der Waals surface area contributed by atoms with Crippen molar-refractivity contribution in [3.05, 3.63) is 0 Å². The van der Waals surface area contributed by atoms with E-state index in [1.54, 1.807) is 0 Å². The maximum Gasteiger partial charge on any atom is 0.303 e. The number of hydrazone groups is 1. The molecule has 3 nitrogen and oxygen atoms in total. The Balaban J connectivity index is 2.86. The Morgan fingerprint density at radius 1 is 1.64 bits per heavy atom. The quantitative estimate of drug-likeness (QED) is 0.621. The number of terminal acetylenes is 1. The van der Waals surface area contributed by atoms with Gasteiger partial charge in [0.2, 0.25) is 0 Å². The van der Waals surface area contributed by atoms with E-state index in [1.807, 2.05) is 0 Å². The number of carbonyl (C=O) groups is 1. The van der Waals surface area contributed by atoms with E-state index < -0.39 is 0 Å². The fourth-order valence-corrected chi connectivity index (χ4v) is 1.98. The molecule has 0 N–H and O–H groups in total. The second kappa shape index (κ2) is 4.05. The summed E-state index contributed by atoms with van der Waals surface area (Å²) in [5.74, 6) is 3.09. The highest BCUT2D eigenvalue weighted by Crippen LogP contribution is 2.25. The van der Waals surface area contributed by atoms with Crippen LogP contribution >= 0.6 is 11.8 Å². The molecular formula is C10H14N2OS. The largest absolute Gasteiger partial charge is 0.303 e. The molecular weight excluding hydrogens is 196 g/mol. The lowest BCUT2D eigenvalue weighted by Crippen LogP contribution is -2.35. The maximum atomic E-state index is 11.3. The summed E-state index contributed by atoms with van der Waals surface area (Å²) < 4.78 is 0. The first kappa shape index (κ1) is 11.1. The molecule has 0 bridgehead atoms. The first-order valence-electron chi connectivity index (χ1n) is 4.41. The van der Waals surface area contributed by atoms with Crippen LogP contribution in [0.5, 0.6) is 0 Å². The second-order valence-corrected chi connectivity index (χ2v) is 5.04. The van der Waals surface area contributed by atoms with Crippen LogP contribution in [-0.2, 0) is 0 Å². The van der Waals surface area contributed by atoms with E-state index in [-0.39, 0.29) is 17.2 Å². The van der Waals surface area contributed by atoms with Crippen LogP contribution < -0.4 is 0 Å². The molecule has 0 aromatic heterocycles. The number of thioether (sulfide) groups is 1. The monoisotopic (exact) mass is 210 g/mol. The van der Waals surface area contributed by atoms with Crippen LogP contribution in [0.15, 0.2) is 5.10 Å². The summed E-state index contributed by atoms with van der Waals surface area (Å²) in [5.41, 5.74) is 1.01. The summed E-state index contributed by atoms with van der Waals surface area (Å²) in [5, 5.41) is 5.56. The minimum atomic E-state index is -0.0593. The minimum absolute atomic E-state index is 0.000544. The van der Waals surface area contributed by atoms with Gasteiger partial charge >= 0.3 is 5.24 Å². The van der Waals surface area contributed by atoms with Crippen molar-refractivity contribution in [1.82, 2.24) is 5.01 Å². The lowest BCUT2D eigenvalue weighted by Gasteiger charge is -2.28. The molecule has 4 heteroatoms. The summed E-state index contributed by atoms with van der Waals surface area (Å²) in [4.78, 5) is 11.3. The summed E-state index contributed by atoms with van der Waals surface area (Å²) in [6, 6.07) is 0. The molecule has 0 saturated carbocycles. The number of amides is 1. The van der Waals surface area contributed by atoms with Crippen molar-refractivity contribution in [2.75, 3.05) is 12.3 Å². The van der Waals surface area contributed by atoms with Crippen molar-refractivity contribution in [3.8, 4) is 12.3 Å². The number of hydrogen-bond donors (Lipinski definition) is 0. The minimum Gasteiger partial charge on any atom is -0.260 e. The molecule has 0 spiro atoms. The summed E-state index contributed by atoms with van der Waals surface area (Å²) >= 11 is 1.26. The third kappa shape index (κ3) is 2.52. The third-order valence-corrected chi connectivity index (χ3v) is 2.77. The Hall–Kier alpha value is -0.950. The van der Waals surface area contributed by atoms with Gasteiger partial charge in [-0.15, -0.1) is 6.42 Å². The second-order valence-electron chi connectivity index (χ2n) is 4.11. The number of hydrogen-bond acceptors (Lipinski definition) is 3. The van der Waals surface area contributed by atoms with Gasteiger partial charge in [-0.1, -0.05) is 38.5 Å². The Labute approximate surface area is 88.9 Å². The van der Waals surface area contributed by atoms with Crippen molar-refractivity contribution in [3.63, 3.8) is 0 Å². The Bertz CT molecular complexity index is 309. The van der Waals surface area contributed by atoms with Gasteiger partial charge in [0.05, 0.1) is 5.71 Å². The van der Waals surface area contributed by atoms with Gasteiger partial charge in [-0.2, -0.15) is 5.10 Å². The molecule has 1 heterocycles. The predicted octanol–water partition coefficient (Wildman–Crippen LogP) is 2.19. The molecule has 1 rings (SSSR count). The maximum absolute atomic E-state index is 11.3. The molecule has 1 aliphatic heterocycles. The molecule has 0 radical (unpaired) electrons. The van der Waals surface area contributed by atoms with E-state index in [4.69, 9.17) is 6.42 Å². The molecule has 1 amide bonds. The van der Waals surface area contributed by atoms with E-state index in [1.165, 1.54) is 16.8 Å². The molecule has 0 saturated heterocycles. The SMILES string of the molecule is C#CCN1N=C(C(C)(C)C)CSC1=O. The normalized spacial score (nSPS) is 17.7. The van der Waals surface area contributed by atoms with Crippen molar-refractivity contribution in [1.29, 1.82) is 0 Å². The predicted molar refractivity (Wildman–Crippen MR) is 60.3 cm³/mol. The van der Waals surface area contributed by atoms with Crippen molar-refractivity contribution in [2.24, 2.45) is 10.5 Å². The zero-order valence-corrected chi connectivity index (χ0v) is 9.52. The molecule has 0 atom stereocenters. The Morgan fingerprint density at radius 3 is 2.79 bits per heavy atom. The Kier molecular flexibility index (Phi) is 3.22. The summed E-state index contributed by atoms with van der Waals surface area (Å²) in [6.45, 7) is 6.49. The highest BCUT2D eigenvalue weighted by atomic mass is 32.2. The zero-order valence-electron chi connectivity index (χ0n) is 8.70.